The topological polar surface area (TPSA) is 66.4 Å². The molecule has 29 heavy (non-hydrogen) atoms. The molecule has 0 bridgehead atoms. The molecule has 0 heterocycles. The van der Waals surface area contributed by atoms with Gasteiger partial charge in [0.2, 0.25) is 3.57 Å². The average molecular weight is 536 g/mol. The first-order chi connectivity index (χ1) is 13.7. The van der Waals surface area contributed by atoms with Gasteiger partial charge in [-0.1, -0.05) is 72.8 Å². The maximum atomic E-state index is 10.7. The van der Waals surface area contributed by atoms with Crippen molar-refractivity contribution in [3.63, 3.8) is 0 Å². The third kappa shape index (κ3) is 8.13. The highest BCUT2D eigenvalue weighted by molar-refractivity contribution is 7.86. The van der Waals surface area contributed by atoms with Gasteiger partial charge < -0.3 is 4.55 Å². The fraction of sp³-hybridized carbons (Fsp3) is 0.100. The summed E-state index contributed by atoms with van der Waals surface area (Å²) in [4.78, 5) is 0. The predicted octanol–water partition coefficient (Wildman–Crippen LogP) is 1.80. The van der Waals surface area contributed by atoms with Crippen LogP contribution in [-0.4, -0.2) is 18.5 Å². The summed E-state index contributed by atoms with van der Waals surface area (Å²) in [6.45, 7) is 0.692. The zero-order valence-electron chi connectivity index (χ0n) is 14.8. The van der Waals surface area contributed by atoms with Gasteiger partial charge in [-0.25, -0.2) is 8.42 Å². The second-order valence-electron chi connectivity index (χ2n) is 5.59. The Balaban J connectivity index is 0.000000321. The van der Waals surface area contributed by atoms with Gasteiger partial charge in [-0.15, -0.1) is 3.07 Å². The molecule has 3 rings (SSSR count). The fourth-order valence-electron chi connectivity index (χ4n) is 2.04. The second-order valence-corrected chi connectivity index (χ2v) is 9.27. The van der Waals surface area contributed by atoms with Crippen LogP contribution in [-0.2, 0) is 19.8 Å². The molecule has 0 radical (unpaired) electrons. The summed E-state index contributed by atoms with van der Waals surface area (Å²) in [7, 11) is -6.09. The van der Waals surface area contributed by atoms with Crippen molar-refractivity contribution in [2.75, 3.05) is 0 Å². The standard InChI is InChI=1S/C19H16IO.CHF3O3S/c1-3-7-17(8-4-1)18-13-11-16(12-14-18)15-21-20-19-9-5-2-6-10-19;2-1(3,4)8(5,6)7/h1-14H,15H2;(H,5,6,7)/q+1;/p-1. The Morgan fingerprint density at radius 1 is 0.793 bits per heavy atom. The number of benzene rings is 3. The van der Waals surface area contributed by atoms with E-state index in [9.17, 15) is 13.2 Å². The van der Waals surface area contributed by atoms with Crippen molar-refractivity contribution in [1.82, 2.24) is 0 Å². The van der Waals surface area contributed by atoms with Gasteiger partial charge >= 0.3 is 27.1 Å². The van der Waals surface area contributed by atoms with E-state index in [4.69, 9.17) is 16.0 Å². The summed E-state index contributed by atoms with van der Waals surface area (Å²) in [5, 5.41) is 0. The van der Waals surface area contributed by atoms with Gasteiger partial charge in [0.1, 0.15) is 6.61 Å². The first-order valence-electron chi connectivity index (χ1n) is 8.15. The van der Waals surface area contributed by atoms with Gasteiger partial charge in [0.05, 0.1) is 0 Å². The molecule has 0 aliphatic heterocycles. The van der Waals surface area contributed by atoms with Gasteiger partial charge in [-0.3, -0.25) is 0 Å². The molecule has 154 valence electrons. The predicted molar refractivity (Wildman–Crippen MR) is 97.6 cm³/mol. The van der Waals surface area contributed by atoms with E-state index in [0.29, 0.717) is 6.61 Å². The van der Waals surface area contributed by atoms with E-state index in [1.54, 1.807) is 0 Å². The molecule has 0 aromatic heterocycles. The van der Waals surface area contributed by atoms with Gasteiger partial charge in [0, 0.05) is 0 Å². The van der Waals surface area contributed by atoms with Crippen LogP contribution in [0, 0.1) is 3.57 Å². The monoisotopic (exact) mass is 536 g/mol. The van der Waals surface area contributed by atoms with Gasteiger partial charge in [-0.2, -0.15) is 13.2 Å². The van der Waals surface area contributed by atoms with Crippen molar-refractivity contribution in [3.05, 3.63) is 94.1 Å². The zero-order valence-corrected chi connectivity index (χ0v) is 17.8. The Morgan fingerprint density at radius 2 is 1.24 bits per heavy atom. The van der Waals surface area contributed by atoms with Crippen molar-refractivity contribution in [2.45, 2.75) is 12.1 Å². The molecule has 0 saturated carbocycles. The summed E-state index contributed by atoms with van der Waals surface area (Å²) in [6, 6.07) is 29.5. The van der Waals surface area contributed by atoms with E-state index in [-0.39, 0.29) is 21.6 Å². The largest absolute Gasteiger partial charge is 0.741 e. The molecule has 0 atom stereocenters. The Labute approximate surface area is 177 Å². The Kier molecular flexibility index (Phi) is 8.62. The molecule has 0 fully saturated rings. The summed E-state index contributed by atoms with van der Waals surface area (Å²) in [6.07, 6.45) is 0. The molecule has 3 aromatic rings. The minimum Gasteiger partial charge on any atom is -0.741 e. The van der Waals surface area contributed by atoms with Crippen molar-refractivity contribution in [3.8, 4) is 11.1 Å². The maximum absolute atomic E-state index is 10.7. The van der Waals surface area contributed by atoms with Crippen LogP contribution < -0.4 is 21.6 Å². The lowest BCUT2D eigenvalue weighted by Gasteiger charge is -2.08. The highest BCUT2D eigenvalue weighted by Gasteiger charge is 2.36. The third-order valence-corrected chi connectivity index (χ3v) is 5.86. The Bertz CT molecular complexity index is 978. The van der Waals surface area contributed by atoms with Crippen LogP contribution in [0.5, 0.6) is 0 Å². The summed E-state index contributed by atoms with van der Waals surface area (Å²) in [5.41, 5.74) is -1.92. The number of alkyl halides is 3. The lowest BCUT2D eigenvalue weighted by molar-refractivity contribution is -0.881. The Morgan fingerprint density at radius 3 is 1.72 bits per heavy atom. The summed E-state index contributed by atoms with van der Waals surface area (Å²) >= 11 is -0.352. The highest BCUT2D eigenvalue weighted by atomic mass is 127. The fourth-order valence-corrected chi connectivity index (χ4v) is 3.63. The lowest BCUT2D eigenvalue weighted by Crippen LogP contribution is -3.61. The molecule has 4 nitrogen and oxygen atoms in total. The van der Waals surface area contributed by atoms with Crippen LogP contribution in [0.25, 0.3) is 11.1 Å². The minimum absolute atomic E-state index is 0.352. The smallest absolute Gasteiger partial charge is 0.522 e. The van der Waals surface area contributed by atoms with Crippen LogP contribution in [0.3, 0.4) is 0 Å². The first-order valence-corrected chi connectivity index (χ1v) is 11.5. The van der Waals surface area contributed by atoms with Gasteiger partial charge in [-0.05, 0) is 28.8 Å². The van der Waals surface area contributed by atoms with Gasteiger partial charge in [0.25, 0.3) is 0 Å². The summed E-state index contributed by atoms with van der Waals surface area (Å²) in [5.74, 6) is 0. The second kappa shape index (κ2) is 10.7. The van der Waals surface area contributed by atoms with Crippen LogP contribution in [0.15, 0.2) is 84.9 Å². The number of halogens is 4. The number of hydrogen-bond acceptors (Lipinski definition) is 4. The summed E-state index contributed by atoms with van der Waals surface area (Å²) < 4.78 is 66.1. The number of hydrogen-bond donors (Lipinski definition) is 0. The van der Waals surface area contributed by atoms with E-state index < -0.39 is 15.6 Å². The van der Waals surface area contributed by atoms with Crippen LogP contribution in [0.1, 0.15) is 5.56 Å². The van der Waals surface area contributed by atoms with Crippen molar-refractivity contribution in [2.24, 2.45) is 0 Å². The third-order valence-electron chi connectivity index (χ3n) is 3.44. The van der Waals surface area contributed by atoms with E-state index in [2.05, 4.69) is 72.8 Å². The van der Waals surface area contributed by atoms with E-state index in [0.717, 1.165) is 0 Å². The molecule has 0 saturated heterocycles. The van der Waals surface area contributed by atoms with E-state index in [1.165, 1.54) is 20.3 Å². The average Bonchev–Trinajstić information content (AvgIpc) is 2.69. The SMILES string of the molecule is O=S(=O)([O-])C(F)(F)F.c1ccc([I+]OCc2ccc(-c3ccccc3)cc2)cc1. The molecular weight excluding hydrogens is 520 g/mol. The first kappa shape index (κ1) is 23.3. The molecule has 0 aliphatic carbocycles. The van der Waals surface area contributed by atoms with Crippen molar-refractivity contribution >= 4 is 10.1 Å². The molecule has 3 aromatic carbocycles. The lowest BCUT2D eigenvalue weighted by atomic mass is 10.0. The molecule has 0 N–H and O–H groups in total. The Hall–Kier alpha value is -1.95. The molecule has 0 unspecified atom stereocenters. The maximum Gasteiger partial charge on any atom is 0.522 e. The molecule has 0 aliphatic rings. The molecule has 0 amide bonds. The minimum atomic E-state index is -6.09. The molecular formula is C20H16F3IO4S. The van der Waals surface area contributed by atoms with Crippen molar-refractivity contribution in [1.29, 1.82) is 0 Å². The van der Waals surface area contributed by atoms with Crippen molar-refractivity contribution < 1.29 is 50.8 Å². The van der Waals surface area contributed by atoms with Crippen LogP contribution >= 0.6 is 0 Å². The van der Waals surface area contributed by atoms with Crippen LogP contribution in [0.4, 0.5) is 13.2 Å². The van der Waals surface area contributed by atoms with Crippen LogP contribution in [0.2, 0.25) is 0 Å². The normalized spacial score (nSPS) is 11.4. The number of rotatable bonds is 5. The zero-order chi connectivity index (χ0) is 21.3. The molecule has 0 spiro atoms. The van der Waals surface area contributed by atoms with E-state index >= 15 is 0 Å². The highest BCUT2D eigenvalue weighted by Crippen LogP contribution is 2.20. The van der Waals surface area contributed by atoms with Gasteiger partial charge in [0.15, 0.2) is 10.1 Å². The molecule has 9 heteroatoms. The quantitative estimate of drug-likeness (QED) is 0.284. The van der Waals surface area contributed by atoms with E-state index in [1.807, 2.05) is 12.1 Å².